The lowest BCUT2D eigenvalue weighted by Gasteiger charge is -2.42. The number of aromatic nitrogens is 2. The molecule has 6 nitrogen and oxygen atoms in total. The van der Waals surface area contributed by atoms with Gasteiger partial charge in [-0.05, 0) is 50.1 Å². The molecule has 3 rings (SSSR count). The van der Waals surface area contributed by atoms with E-state index in [4.69, 9.17) is 21.3 Å². The number of nitrogens with zero attached hydrogens (tertiary/aromatic N) is 3. The van der Waals surface area contributed by atoms with Crippen LogP contribution < -0.4 is 10.2 Å². The molecule has 1 fully saturated rings. The molecule has 1 atom stereocenters. The van der Waals surface area contributed by atoms with Crippen LogP contribution in [0.2, 0.25) is 5.15 Å². The lowest BCUT2D eigenvalue weighted by molar-refractivity contribution is 0.0521. The molecule has 2 aromatic rings. The number of anilines is 1. The first-order valence-corrected chi connectivity index (χ1v) is 9.71. The van der Waals surface area contributed by atoms with Crippen LogP contribution in [0.5, 0.6) is 0 Å². The number of nitrogens with one attached hydrogen (secondary N) is 1. The molecule has 27 heavy (non-hydrogen) atoms. The van der Waals surface area contributed by atoms with Gasteiger partial charge >= 0.3 is 6.09 Å². The standard InChI is InChI=1S/C20H27ClN4O2/c1-12(2)15-10-23-18(16-11-22-17(21)8-14(15)16)25-7-6-13(25)9-24-19(26)27-20(3,4)5/h8,10-13H,6-7,9H2,1-5H3,(H,24,26)/t13-/m0/s1. The number of fused-ring (bicyclic) bond motifs is 1. The first kappa shape index (κ1) is 19.7. The molecule has 0 spiro atoms. The summed E-state index contributed by atoms with van der Waals surface area (Å²) in [5.41, 5.74) is 0.653. The molecule has 1 aliphatic rings. The highest BCUT2D eigenvalue weighted by Crippen LogP contribution is 2.35. The summed E-state index contributed by atoms with van der Waals surface area (Å²) < 4.78 is 5.31. The highest BCUT2D eigenvalue weighted by Gasteiger charge is 2.31. The molecule has 1 saturated heterocycles. The number of pyridine rings is 2. The number of alkyl carbamates (subject to hydrolysis) is 1. The van der Waals surface area contributed by atoms with E-state index >= 15 is 0 Å². The van der Waals surface area contributed by atoms with Crippen molar-refractivity contribution in [1.82, 2.24) is 15.3 Å². The Morgan fingerprint density at radius 1 is 1.33 bits per heavy atom. The van der Waals surface area contributed by atoms with Crippen LogP contribution in [0.25, 0.3) is 10.8 Å². The van der Waals surface area contributed by atoms with Crippen molar-refractivity contribution in [3.8, 4) is 0 Å². The van der Waals surface area contributed by atoms with Crippen LogP contribution in [-0.2, 0) is 4.74 Å². The molecule has 1 amide bonds. The third kappa shape index (κ3) is 4.43. The summed E-state index contributed by atoms with van der Waals surface area (Å²) in [5.74, 6) is 1.23. The molecule has 3 heterocycles. The van der Waals surface area contributed by atoms with Gasteiger partial charge < -0.3 is 15.0 Å². The van der Waals surface area contributed by atoms with E-state index in [2.05, 4.69) is 29.0 Å². The minimum atomic E-state index is -0.501. The van der Waals surface area contributed by atoms with Gasteiger partial charge in [0.1, 0.15) is 16.6 Å². The summed E-state index contributed by atoms with van der Waals surface area (Å²) in [6.07, 6.45) is 4.32. The molecule has 0 bridgehead atoms. The van der Waals surface area contributed by atoms with Gasteiger partial charge in [0.05, 0.1) is 0 Å². The van der Waals surface area contributed by atoms with Crippen molar-refractivity contribution in [2.45, 2.75) is 58.6 Å². The van der Waals surface area contributed by atoms with Gasteiger partial charge in [0.15, 0.2) is 0 Å². The lowest BCUT2D eigenvalue weighted by Crippen LogP contribution is -2.54. The fourth-order valence-electron chi connectivity index (χ4n) is 3.25. The molecule has 0 saturated carbocycles. The summed E-state index contributed by atoms with van der Waals surface area (Å²) in [5, 5.41) is 5.42. The van der Waals surface area contributed by atoms with Crippen LogP contribution in [-0.4, -0.2) is 40.8 Å². The maximum Gasteiger partial charge on any atom is 0.407 e. The molecule has 0 unspecified atom stereocenters. The number of ether oxygens (including phenoxy) is 1. The van der Waals surface area contributed by atoms with Crippen molar-refractivity contribution in [3.63, 3.8) is 0 Å². The highest BCUT2D eigenvalue weighted by molar-refractivity contribution is 6.30. The van der Waals surface area contributed by atoms with E-state index in [9.17, 15) is 4.79 Å². The predicted molar refractivity (Wildman–Crippen MR) is 109 cm³/mol. The Bertz CT molecular complexity index is 848. The van der Waals surface area contributed by atoms with Crippen LogP contribution in [0.3, 0.4) is 0 Å². The van der Waals surface area contributed by atoms with Crippen molar-refractivity contribution in [1.29, 1.82) is 0 Å². The fraction of sp³-hybridized carbons (Fsp3) is 0.550. The summed E-state index contributed by atoms with van der Waals surface area (Å²) >= 11 is 6.13. The van der Waals surface area contributed by atoms with Crippen molar-refractivity contribution < 1.29 is 9.53 Å². The third-order valence-electron chi connectivity index (χ3n) is 4.67. The minimum absolute atomic E-state index is 0.189. The molecule has 7 heteroatoms. The number of rotatable bonds is 4. The Morgan fingerprint density at radius 3 is 2.67 bits per heavy atom. The second-order valence-corrected chi connectivity index (χ2v) is 8.65. The Balaban J connectivity index is 1.79. The van der Waals surface area contributed by atoms with Crippen molar-refractivity contribution in [3.05, 3.63) is 29.2 Å². The number of carbonyl (C=O) groups excluding carboxylic acids is 1. The van der Waals surface area contributed by atoms with Gasteiger partial charge in [-0.15, -0.1) is 0 Å². The average Bonchev–Trinajstić information content (AvgIpc) is 2.51. The first-order chi connectivity index (χ1) is 12.7. The Kier molecular flexibility index (Phi) is 5.47. The van der Waals surface area contributed by atoms with Gasteiger partial charge in [0, 0.05) is 36.9 Å². The Morgan fingerprint density at radius 2 is 2.07 bits per heavy atom. The van der Waals surface area contributed by atoms with Crippen molar-refractivity contribution in [2.75, 3.05) is 18.0 Å². The normalized spacial score (nSPS) is 17.1. The van der Waals surface area contributed by atoms with E-state index in [1.54, 1.807) is 6.20 Å². The molecule has 0 aliphatic carbocycles. The average molecular weight is 391 g/mol. The molecular formula is C20H27ClN4O2. The number of halogens is 1. The van der Waals surface area contributed by atoms with E-state index < -0.39 is 11.7 Å². The zero-order valence-corrected chi connectivity index (χ0v) is 17.3. The van der Waals surface area contributed by atoms with Gasteiger partial charge in [-0.1, -0.05) is 25.4 Å². The van der Waals surface area contributed by atoms with Crippen LogP contribution in [0.1, 0.15) is 52.5 Å². The largest absolute Gasteiger partial charge is 0.444 e. The Labute approximate surface area is 165 Å². The van der Waals surface area contributed by atoms with Gasteiger partial charge in [0.2, 0.25) is 0 Å². The second kappa shape index (κ2) is 7.50. The van der Waals surface area contributed by atoms with Crippen LogP contribution in [0.15, 0.2) is 18.5 Å². The van der Waals surface area contributed by atoms with E-state index in [-0.39, 0.29) is 6.04 Å². The van der Waals surface area contributed by atoms with E-state index in [0.29, 0.717) is 17.6 Å². The van der Waals surface area contributed by atoms with E-state index in [1.807, 2.05) is 33.0 Å². The summed E-state index contributed by atoms with van der Waals surface area (Å²) in [4.78, 5) is 23.1. The molecule has 1 aliphatic heterocycles. The molecule has 1 N–H and O–H groups in total. The number of hydrogen-bond acceptors (Lipinski definition) is 5. The van der Waals surface area contributed by atoms with E-state index in [0.717, 1.165) is 35.1 Å². The van der Waals surface area contributed by atoms with E-state index in [1.165, 1.54) is 0 Å². The maximum absolute atomic E-state index is 11.9. The van der Waals surface area contributed by atoms with Gasteiger partial charge in [-0.3, -0.25) is 0 Å². The summed E-state index contributed by atoms with van der Waals surface area (Å²) in [6, 6.07) is 2.10. The third-order valence-corrected chi connectivity index (χ3v) is 4.87. The van der Waals surface area contributed by atoms with Gasteiger partial charge in [-0.25, -0.2) is 14.8 Å². The molecular weight excluding hydrogens is 364 g/mol. The van der Waals surface area contributed by atoms with Crippen molar-refractivity contribution in [2.24, 2.45) is 0 Å². The van der Waals surface area contributed by atoms with Crippen LogP contribution in [0.4, 0.5) is 10.6 Å². The lowest BCUT2D eigenvalue weighted by atomic mass is 9.97. The molecule has 0 aromatic carbocycles. The van der Waals surface area contributed by atoms with Gasteiger partial charge in [-0.2, -0.15) is 0 Å². The Hall–Kier alpha value is -2.08. The zero-order valence-electron chi connectivity index (χ0n) is 16.5. The number of carbonyl (C=O) groups is 1. The second-order valence-electron chi connectivity index (χ2n) is 8.26. The summed E-state index contributed by atoms with van der Waals surface area (Å²) in [7, 11) is 0. The molecule has 0 radical (unpaired) electrons. The quantitative estimate of drug-likeness (QED) is 0.778. The number of amides is 1. The topological polar surface area (TPSA) is 67.4 Å². The number of hydrogen-bond donors (Lipinski definition) is 1. The minimum Gasteiger partial charge on any atom is -0.444 e. The van der Waals surface area contributed by atoms with Crippen molar-refractivity contribution >= 4 is 34.3 Å². The molecule has 146 valence electrons. The predicted octanol–water partition coefficient (Wildman–Crippen LogP) is 4.51. The summed E-state index contributed by atoms with van der Waals surface area (Å²) in [6.45, 7) is 11.3. The highest BCUT2D eigenvalue weighted by atomic mass is 35.5. The molecule has 2 aromatic heterocycles. The monoisotopic (exact) mass is 390 g/mol. The fourth-order valence-corrected chi connectivity index (χ4v) is 3.41. The SMILES string of the molecule is CC(C)c1cnc(N2CC[C@H]2CNC(=O)OC(C)(C)C)c2cnc(Cl)cc12. The first-order valence-electron chi connectivity index (χ1n) is 9.33. The van der Waals surface area contributed by atoms with Crippen LogP contribution >= 0.6 is 11.6 Å². The smallest absolute Gasteiger partial charge is 0.407 e. The van der Waals surface area contributed by atoms with Crippen LogP contribution in [0, 0.1) is 0 Å². The zero-order chi connectivity index (χ0) is 19.8. The maximum atomic E-state index is 11.9. The van der Waals surface area contributed by atoms with Gasteiger partial charge in [0.25, 0.3) is 0 Å².